The SMILES string of the molecule is CCCC1=CC=CC23OC12C(=O)NC3=O. The maximum Gasteiger partial charge on any atom is 0.267 e. The van der Waals surface area contributed by atoms with Gasteiger partial charge in [0.2, 0.25) is 11.2 Å². The maximum absolute atomic E-state index is 11.7. The van der Waals surface area contributed by atoms with Crippen LogP contribution in [0.2, 0.25) is 0 Å². The molecule has 2 saturated heterocycles. The average molecular weight is 205 g/mol. The Labute approximate surface area is 87.0 Å². The monoisotopic (exact) mass is 205 g/mol. The van der Waals surface area contributed by atoms with Crippen molar-refractivity contribution in [1.82, 2.24) is 5.32 Å². The Hall–Kier alpha value is -1.42. The van der Waals surface area contributed by atoms with E-state index in [1.807, 2.05) is 13.0 Å². The van der Waals surface area contributed by atoms with Gasteiger partial charge >= 0.3 is 0 Å². The van der Waals surface area contributed by atoms with Gasteiger partial charge in [-0.15, -0.1) is 0 Å². The van der Waals surface area contributed by atoms with Crippen LogP contribution in [0.4, 0.5) is 0 Å². The summed E-state index contributed by atoms with van der Waals surface area (Å²) in [6.07, 6.45) is 7.07. The molecule has 3 aliphatic rings. The summed E-state index contributed by atoms with van der Waals surface area (Å²) >= 11 is 0. The van der Waals surface area contributed by atoms with Gasteiger partial charge in [-0.3, -0.25) is 14.9 Å². The van der Waals surface area contributed by atoms with Crippen molar-refractivity contribution >= 4 is 11.8 Å². The minimum Gasteiger partial charge on any atom is -0.332 e. The van der Waals surface area contributed by atoms with Crippen LogP contribution in [0.5, 0.6) is 0 Å². The number of ether oxygens (including phenoxy) is 1. The van der Waals surface area contributed by atoms with Crippen LogP contribution < -0.4 is 5.32 Å². The molecular formula is C11H11NO3. The van der Waals surface area contributed by atoms with Gasteiger partial charge in [-0.2, -0.15) is 0 Å². The molecule has 0 saturated carbocycles. The van der Waals surface area contributed by atoms with Crippen molar-refractivity contribution in [3.63, 3.8) is 0 Å². The number of hydrogen-bond donors (Lipinski definition) is 1. The largest absolute Gasteiger partial charge is 0.332 e. The Morgan fingerprint density at radius 2 is 2.20 bits per heavy atom. The normalized spacial score (nSPS) is 40.7. The lowest BCUT2D eigenvalue weighted by Crippen LogP contribution is -2.33. The van der Waals surface area contributed by atoms with Crippen LogP contribution in [-0.4, -0.2) is 23.0 Å². The molecule has 2 amide bonds. The number of hydrogen-bond acceptors (Lipinski definition) is 3. The quantitative estimate of drug-likeness (QED) is 0.526. The molecule has 1 N–H and O–H groups in total. The van der Waals surface area contributed by atoms with Crippen LogP contribution in [0.1, 0.15) is 19.8 Å². The molecule has 2 fully saturated rings. The molecule has 0 aromatic carbocycles. The van der Waals surface area contributed by atoms with Crippen molar-refractivity contribution in [3.05, 3.63) is 23.8 Å². The first-order chi connectivity index (χ1) is 7.17. The predicted octanol–water partition coefficient (Wildman–Crippen LogP) is 0.447. The molecular weight excluding hydrogens is 194 g/mol. The number of morpholine rings is 1. The first-order valence-electron chi connectivity index (χ1n) is 5.12. The molecule has 0 radical (unpaired) electrons. The Morgan fingerprint density at radius 3 is 2.93 bits per heavy atom. The Bertz CT molecular complexity index is 437. The first-order valence-corrected chi connectivity index (χ1v) is 5.12. The summed E-state index contributed by atoms with van der Waals surface area (Å²) in [6, 6.07) is 0. The van der Waals surface area contributed by atoms with Crippen LogP contribution in [-0.2, 0) is 14.3 Å². The van der Waals surface area contributed by atoms with Crippen LogP contribution in [0.25, 0.3) is 0 Å². The van der Waals surface area contributed by atoms with Crippen LogP contribution >= 0.6 is 0 Å². The lowest BCUT2D eigenvalue weighted by molar-refractivity contribution is -0.132. The van der Waals surface area contributed by atoms with Crippen molar-refractivity contribution in [3.8, 4) is 0 Å². The Morgan fingerprint density at radius 1 is 1.40 bits per heavy atom. The summed E-state index contributed by atoms with van der Waals surface area (Å²) in [5.41, 5.74) is -1.09. The number of epoxide rings is 1. The number of carbonyl (C=O) groups excluding carboxylic acids is 2. The smallest absolute Gasteiger partial charge is 0.267 e. The van der Waals surface area contributed by atoms with Crippen LogP contribution in [0, 0.1) is 0 Å². The number of amides is 2. The minimum absolute atomic E-state index is 0.309. The fourth-order valence-electron chi connectivity index (χ4n) is 2.54. The molecule has 2 unspecified atom stereocenters. The van der Waals surface area contributed by atoms with E-state index in [-0.39, 0.29) is 11.8 Å². The fraction of sp³-hybridized carbons (Fsp3) is 0.455. The van der Waals surface area contributed by atoms with Gasteiger partial charge in [-0.1, -0.05) is 25.5 Å². The fourth-order valence-corrected chi connectivity index (χ4v) is 2.54. The highest BCUT2D eigenvalue weighted by atomic mass is 16.6. The molecule has 78 valence electrons. The number of rotatable bonds is 2. The Balaban J connectivity index is 2.10. The summed E-state index contributed by atoms with van der Waals surface area (Å²) < 4.78 is 5.46. The van der Waals surface area contributed by atoms with Gasteiger partial charge < -0.3 is 4.74 Å². The van der Waals surface area contributed by atoms with E-state index in [0.717, 1.165) is 18.4 Å². The molecule has 0 spiro atoms. The number of allylic oxidation sites excluding steroid dienone is 2. The van der Waals surface area contributed by atoms with E-state index in [1.165, 1.54) is 0 Å². The standard InChI is InChI=1S/C11H11NO3/c1-2-4-7-5-3-6-10-8(13)12-9(14)11(7,10)15-10/h3,5-6H,2,4H2,1H3,(H,12,13,14). The third kappa shape index (κ3) is 0.741. The lowest BCUT2D eigenvalue weighted by Gasteiger charge is -2.13. The van der Waals surface area contributed by atoms with Crippen molar-refractivity contribution in [2.45, 2.75) is 31.0 Å². The summed E-state index contributed by atoms with van der Waals surface area (Å²) in [4.78, 5) is 23.3. The molecule has 2 aliphatic heterocycles. The number of imide groups is 1. The third-order valence-corrected chi connectivity index (χ3v) is 3.28. The van der Waals surface area contributed by atoms with E-state index in [9.17, 15) is 9.59 Å². The molecule has 1 aliphatic carbocycles. The predicted molar refractivity (Wildman–Crippen MR) is 51.8 cm³/mol. The van der Waals surface area contributed by atoms with Gasteiger partial charge in [0, 0.05) is 0 Å². The highest BCUT2D eigenvalue weighted by molar-refractivity contribution is 6.20. The molecule has 0 bridgehead atoms. The highest BCUT2D eigenvalue weighted by Gasteiger charge is 2.84. The second kappa shape index (κ2) is 2.39. The van der Waals surface area contributed by atoms with Crippen molar-refractivity contribution in [2.24, 2.45) is 0 Å². The molecule has 3 rings (SSSR count). The lowest BCUT2D eigenvalue weighted by atomic mass is 9.82. The zero-order valence-corrected chi connectivity index (χ0v) is 8.37. The summed E-state index contributed by atoms with van der Waals surface area (Å²) in [5, 5.41) is 2.33. The zero-order valence-electron chi connectivity index (χ0n) is 8.37. The van der Waals surface area contributed by atoms with E-state index < -0.39 is 11.2 Å². The maximum atomic E-state index is 11.7. The molecule has 4 nitrogen and oxygen atoms in total. The second-order valence-electron chi connectivity index (χ2n) is 4.10. The molecule has 15 heavy (non-hydrogen) atoms. The van der Waals surface area contributed by atoms with Crippen LogP contribution in [0.3, 0.4) is 0 Å². The first kappa shape index (κ1) is 8.85. The summed E-state index contributed by atoms with van der Waals surface area (Å²) in [5.74, 6) is -0.637. The van der Waals surface area contributed by atoms with Gasteiger partial charge in [-0.25, -0.2) is 0 Å². The third-order valence-electron chi connectivity index (χ3n) is 3.28. The van der Waals surface area contributed by atoms with Crippen molar-refractivity contribution in [2.75, 3.05) is 0 Å². The van der Waals surface area contributed by atoms with Gasteiger partial charge in [0.25, 0.3) is 11.8 Å². The van der Waals surface area contributed by atoms with E-state index in [1.54, 1.807) is 12.2 Å². The summed E-state index contributed by atoms with van der Waals surface area (Å²) in [7, 11) is 0. The molecule has 4 heteroatoms. The van der Waals surface area contributed by atoms with E-state index >= 15 is 0 Å². The minimum atomic E-state index is -1.01. The van der Waals surface area contributed by atoms with Gasteiger partial charge in [0.05, 0.1) is 0 Å². The van der Waals surface area contributed by atoms with Crippen molar-refractivity contribution in [1.29, 1.82) is 0 Å². The van der Waals surface area contributed by atoms with E-state index in [2.05, 4.69) is 5.32 Å². The number of nitrogens with one attached hydrogen (secondary N) is 1. The highest BCUT2D eigenvalue weighted by Crippen LogP contribution is 2.59. The molecule has 2 atom stereocenters. The summed E-state index contributed by atoms with van der Waals surface area (Å²) in [6.45, 7) is 2.04. The number of carbonyl (C=O) groups is 2. The van der Waals surface area contributed by atoms with Gasteiger partial charge in [0.1, 0.15) is 0 Å². The second-order valence-corrected chi connectivity index (χ2v) is 4.10. The molecule has 2 heterocycles. The Kier molecular flexibility index (Phi) is 1.41. The van der Waals surface area contributed by atoms with E-state index in [4.69, 9.17) is 4.74 Å². The van der Waals surface area contributed by atoms with Gasteiger partial charge in [0.15, 0.2) is 0 Å². The average Bonchev–Trinajstić information content (AvgIpc) is 2.85. The van der Waals surface area contributed by atoms with E-state index in [0.29, 0.717) is 0 Å². The van der Waals surface area contributed by atoms with Crippen LogP contribution in [0.15, 0.2) is 23.8 Å². The topological polar surface area (TPSA) is 58.7 Å². The van der Waals surface area contributed by atoms with Crippen molar-refractivity contribution < 1.29 is 14.3 Å². The molecule has 0 aromatic rings. The molecule has 0 aromatic heterocycles. The zero-order chi connectivity index (χ0) is 10.7. The van der Waals surface area contributed by atoms with Gasteiger partial charge in [-0.05, 0) is 18.1 Å².